The molecule has 2 rings (SSSR count). The molecule has 2 aromatic carbocycles. The third-order valence-corrected chi connectivity index (χ3v) is 3.16. The summed E-state index contributed by atoms with van der Waals surface area (Å²) in [5.74, 6) is -0.303. The van der Waals surface area contributed by atoms with Crippen LogP contribution in [0.25, 0.3) is 0 Å². The highest BCUT2D eigenvalue weighted by Gasteiger charge is 2.31. The third kappa shape index (κ3) is 3.98. The lowest BCUT2D eigenvalue weighted by Gasteiger charge is -2.16. The molecule has 1 atom stereocenters. The van der Waals surface area contributed by atoms with Crippen molar-refractivity contribution in [2.75, 3.05) is 0 Å². The minimum atomic E-state index is -4.71. The van der Waals surface area contributed by atoms with Crippen LogP contribution in [0.3, 0.4) is 0 Å². The molecular formula is C16H15F3O2. The Bertz CT molecular complexity index is 591. The Labute approximate surface area is 120 Å². The van der Waals surface area contributed by atoms with Crippen molar-refractivity contribution in [3.63, 3.8) is 0 Å². The molecule has 5 heteroatoms. The van der Waals surface area contributed by atoms with Crippen LogP contribution in [0.5, 0.6) is 5.75 Å². The summed E-state index contributed by atoms with van der Waals surface area (Å²) in [7, 11) is 0. The summed E-state index contributed by atoms with van der Waals surface area (Å²) in [5.41, 5.74) is 2.27. The van der Waals surface area contributed by atoms with Crippen LogP contribution in [-0.4, -0.2) is 11.5 Å². The Hall–Kier alpha value is -2.01. The van der Waals surface area contributed by atoms with E-state index < -0.39 is 12.5 Å². The Balaban J connectivity index is 2.22. The van der Waals surface area contributed by atoms with E-state index in [9.17, 15) is 18.3 Å². The highest BCUT2D eigenvalue weighted by Crippen LogP contribution is 2.28. The first kappa shape index (κ1) is 15.4. The monoisotopic (exact) mass is 296 g/mol. The van der Waals surface area contributed by atoms with E-state index in [2.05, 4.69) is 4.74 Å². The maximum absolute atomic E-state index is 12.1. The molecule has 0 saturated heterocycles. The zero-order valence-electron chi connectivity index (χ0n) is 11.4. The van der Waals surface area contributed by atoms with Gasteiger partial charge in [-0.15, -0.1) is 13.2 Å². The van der Waals surface area contributed by atoms with Crippen molar-refractivity contribution in [3.05, 3.63) is 65.2 Å². The van der Waals surface area contributed by atoms with Gasteiger partial charge in [-0.05, 0) is 35.2 Å². The minimum Gasteiger partial charge on any atom is -0.406 e. The summed E-state index contributed by atoms with van der Waals surface area (Å²) >= 11 is 0. The van der Waals surface area contributed by atoms with E-state index in [0.29, 0.717) is 5.56 Å². The van der Waals surface area contributed by atoms with E-state index in [1.807, 2.05) is 31.2 Å². The first-order valence-corrected chi connectivity index (χ1v) is 6.52. The number of benzene rings is 2. The van der Waals surface area contributed by atoms with Crippen LogP contribution in [-0.2, 0) is 6.42 Å². The molecular weight excluding hydrogens is 281 g/mol. The zero-order valence-corrected chi connectivity index (χ0v) is 11.4. The van der Waals surface area contributed by atoms with Crippen LogP contribution >= 0.6 is 0 Å². The summed E-state index contributed by atoms with van der Waals surface area (Å²) in [4.78, 5) is 0. The van der Waals surface area contributed by atoms with E-state index in [4.69, 9.17) is 0 Å². The highest BCUT2D eigenvalue weighted by molar-refractivity contribution is 5.38. The van der Waals surface area contributed by atoms with Gasteiger partial charge in [-0.1, -0.05) is 43.3 Å². The van der Waals surface area contributed by atoms with Crippen molar-refractivity contribution in [1.82, 2.24) is 0 Å². The molecule has 0 aliphatic heterocycles. The fourth-order valence-corrected chi connectivity index (χ4v) is 2.15. The van der Waals surface area contributed by atoms with E-state index >= 15 is 0 Å². The molecule has 0 amide bonds. The molecule has 0 heterocycles. The van der Waals surface area contributed by atoms with E-state index in [1.54, 1.807) is 0 Å². The van der Waals surface area contributed by atoms with Gasteiger partial charge in [0.25, 0.3) is 0 Å². The average Bonchev–Trinajstić information content (AvgIpc) is 2.45. The fourth-order valence-electron chi connectivity index (χ4n) is 2.15. The second-order valence-electron chi connectivity index (χ2n) is 4.57. The number of halogens is 3. The molecule has 1 unspecified atom stereocenters. The quantitative estimate of drug-likeness (QED) is 0.915. The molecule has 0 aliphatic carbocycles. The van der Waals surface area contributed by atoms with Crippen molar-refractivity contribution in [2.45, 2.75) is 25.8 Å². The summed E-state index contributed by atoms with van der Waals surface area (Å²) < 4.78 is 40.1. The molecule has 0 spiro atoms. The molecule has 0 saturated carbocycles. The summed E-state index contributed by atoms with van der Waals surface area (Å²) in [5, 5.41) is 10.4. The normalized spacial score (nSPS) is 13.0. The lowest BCUT2D eigenvalue weighted by molar-refractivity contribution is -0.274. The lowest BCUT2D eigenvalue weighted by atomic mass is 9.95. The predicted octanol–water partition coefficient (Wildman–Crippen LogP) is 4.23. The van der Waals surface area contributed by atoms with Crippen molar-refractivity contribution >= 4 is 0 Å². The van der Waals surface area contributed by atoms with E-state index in [-0.39, 0.29) is 5.75 Å². The number of aliphatic hydroxyl groups excluding tert-OH is 1. The van der Waals surface area contributed by atoms with Gasteiger partial charge >= 0.3 is 6.36 Å². The van der Waals surface area contributed by atoms with E-state index in [1.165, 1.54) is 24.3 Å². The molecule has 1 N–H and O–H groups in total. The molecule has 0 aromatic heterocycles. The first-order chi connectivity index (χ1) is 9.90. The van der Waals surface area contributed by atoms with Crippen LogP contribution in [0.1, 0.15) is 29.7 Å². The average molecular weight is 296 g/mol. The van der Waals surface area contributed by atoms with Crippen LogP contribution in [0.2, 0.25) is 0 Å². The van der Waals surface area contributed by atoms with Gasteiger partial charge in [-0.25, -0.2) is 0 Å². The van der Waals surface area contributed by atoms with Gasteiger partial charge in [0.05, 0.1) is 0 Å². The van der Waals surface area contributed by atoms with Crippen LogP contribution in [0.4, 0.5) is 13.2 Å². The van der Waals surface area contributed by atoms with Gasteiger partial charge in [0.2, 0.25) is 0 Å². The number of hydrogen-bond acceptors (Lipinski definition) is 2. The summed E-state index contributed by atoms with van der Waals surface area (Å²) in [6.07, 6.45) is -4.82. The minimum absolute atomic E-state index is 0.303. The number of hydrogen-bond donors (Lipinski definition) is 1. The number of rotatable bonds is 4. The predicted molar refractivity (Wildman–Crippen MR) is 73.0 cm³/mol. The topological polar surface area (TPSA) is 29.5 Å². The van der Waals surface area contributed by atoms with E-state index in [0.717, 1.165) is 17.5 Å². The molecule has 0 fully saturated rings. The van der Waals surface area contributed by atoms with Gasteiger partial charge < -0.3 is 9.84 Å². The molecule has 0 radical (unpaired) electrons. The Kier molecular flexibility index (Phi) is 4.53. The second kappa shape index (κ2) is 6.18. The maximum Gasteiger partial charge on any atom is 0.573 e. The van der Waals surface area contributed by atoms with Crippen LogP contribution in [0.15, 0.2) is 48.5 Å². The standard InChI is InChI=1S/C16H15F3O2/c1-2-11-5-3-4-6-14(11)15(20)12-7-9-13(10-8-12)21-16(17,18)19/h3-10,15,20H,2H2,1H3. The SMILES string of the molecule is CCc1ccccc1C(O)c1ccc(OC(F)(F)F)cc1. The highest BCUT2D eigenvalue weighted by atomic mass is 19.4. The molecule has 112 valence electrons. The van der Waals surface area contributed by atoms with Crippen molar-refractivity contribution in [1.29, 1.82) is 0 Å². The molecule has 0 bridgehead atoms. The molecule has 2 nitrogen and oxygen atoms in total. The Morgan fingerprint density at radius 1 is 1.05 bits per heavy atom. The number of aliphatic hydroxyl groups is 1. The fraction of sp³-hybridized carbons (Fsp3) is 0.250. The molecule has 2 aromatic rings. The van der Waals surface area contributed by atoms with Crippen LogP contribution < -0.4 is 4.74 Å². The number of aryl methyl sites for hydroxylation is 1. The maximum atomic E-state index is 12.1. The van der Waals surface area contributed by atoms with Gasteiger partial charge in [-0.3, -0.25) is 0 Å². The summed E-state index contributed by atoms with van der Waals surface area (Å²) in [6.45, 7) is 1.98. The molecule has 0 aliphatic rings. The first-order valence-electron chi connectivity index (χ1n) is 6.52. The molecule has 21 heavy (non-hydrogen) atoms. The van der Waals surface area contributed by atoms with Gasteiger partial charge in [-0.2, -0.15) is 0 Å². The van der Waals surface area contributed by atoms with Gasteiger partial charge in [0, 0.05) is 0 Å². The largest absolute Gasteiger partial charge is 0.573 e. The van der Waals surface area contributed by atoms with Gasteiger partial charge in [0.15, 0.2) is 0 Å². The van der Waals surface area contributed by atoms with Crippen LogP contribution in [0, 0.1) is 0 Å². The van der Waals surface area contributed by atoms with Crippen molar-refractivity contribution < 1.29 is 23.0 Å². The number of alkyl halides is 3. The third-order valence-electron chi connectivity index (χ3n) is 3.16. The van der Waals surface area contributed by atoms with Crippen molar-refractivity contribution in [3.8, 4) is 5.75 Å². The smallest absolute Gasteiger partial charge is 0.406 e. The Morgan fingerprint density at radius 2 is 1.67 bits per heavy atom. The number of ether oxygens (including phenoxy) is 1. The van der Waals surface area contributed by atoms with Crippen molar-refractivity contribution in [2.24, 2.45) is 0 Å². The van der Waals surface area contributed by atoms with Gasteiger partial charge in [0.1, 0.15) is 11.9 Å². The summed E-state index contributed by atoms with van der Waals surface area (Å²) in [6, 6.07) is 12.7. The second-order valence-corrected chi connectivity index (χ2v) is 4.57. The zero-order chi connectivity index (χ0) is 15.5. The lowest BCUT2D eigenvalue weighted by Crippen LogP contribution is -2.17. The Morgan fingerprint density at radius 3 is 2.24 bits per heavy atom.